The lowest BCUT2D eigenvalue weighted by atomic mass is 9.77. The Balaban J connectivity index is 1.78. The SMILES string of the molecule is CCCC(C)(C(=O)NCC)c1ccc2nc(N)nc(C(=O)N3Cc4ccccc4C3)c2c1. The van der Waals surface area contributed by atoms with Crippen molar-refractivity contribution in [3.05, 3.63) is 64.8 Å². The number of likely N-dealkylation sites (N-methyl/N-ethyl adjacent to an activating group) is 1. The van der Waals surface area contributed by atoms with Crippen LogP contribution in [0, 0.1) is 0 Å². The van der Waals surface area contributed by atoms with E-state index in [9.17, 15) is 9.59 Å². The first-order valence-electron chi connectivity index (χ1n) is 11.1. The Morgan fingerprint density at radius 1 is 1.09 bits per heavy atom. The number of nitrogens with one attached hydrogen (secondary N) is 1. The van der Waals surface area contributed by atoms with E-state index in [-0.39, 0.29) is 23.5 Å². The fourth-order valence-corrected chi connectivity index (χ4v) is 4.52. The van der Waals surface area contributed by atoms with Crippen LogP contribution in [0.5, 0.6) is 0 Å². The number of aromatic nitrogens is 2. The largest absolute Gasteiger partial charge is 0.368 e. The van der Waals surface area contributed by atoms with Crippen LogP contribution >= 0.6 is 0 Å². The zero-order chi connectivity index (χ0) is 22.9. The maximum atomic E-state index is 13.5. The Labute approximate surface area is 188 Å². The molecule has 0 fully saturated rings. The number of benzene rings is 2. The molecule has 32 heavy (non-hydrogen) atoms. The van der Waals surface area contributed by atoms with Crippen molar-refractivity contribution in [1.82, 2.24) is 20.2 Å². The van der Waals surface area contributed by atoms with Gasteiger partial charge in [0.1, 0.15) is 5.69 Å². The van der Waals surface area contributed by atoms with Crippen molar-refractivity contribution < 1.29 is 9.59 Å². The Morgan fingerprint density at radius 3 is 2.41 bits per heavy atom. The van der Waals surface area contributed by atoms with Gasteiger partial charge in [-0.05, 0) is 49.1 Å². The van der Waals surface area contributed by atoms with E-state index in [1.54, 1.807) is 4.90 Å². The molecule has 1 unspecified atom stereocenters. The van der Waals surface area contributed by atoms with Gasteiger partial charge in [-0.25, -0.2) is 9.97 Å². The van der Waals surface area contributed by atoms with Crippen molar-refractivity contribution in [2.75, 3.05) is 12.3 Å². The zero-order valence-corrected chi connectivity index (χ0v) is 18.8. The van der Waals surface area contributed by atoms with Gasteiger partial charge in [-0.3, -0.25) is 9.59 Å². The number of nitrogens with two attached hydrogens (primary N) is 1. The van der Waals surface area contributed by atoms with Gasteiger partial charge in [0.25, 0.3) is 5.91 Å². The van der Waals surface area contributed by atoms with Crippen molar-refractivity contribution in [1.29, 1.82) is 0 Å². The van der Waals surface area contributed by atoms with E-state index in [1.165, 1.54) is 0 Å². The summed E-state index contributed by atoms with van der Waals surface area (Å²) in [7, 11) is 0. The third-order valence-electron chi connectivity index (χ3n) is 6.27. The summed E-state index contributed by atoms with van der Waals surface area (Å²) in [6.45, 7) is 7.54. The molecule has 0 saturated carbocycles. The molecule has 1 atom stereocenters. The molecule has 4 rings (SSSR count). The molecule has 2 aromatic carbocycles. The van der Waals surface area contributed by atoms with Gasteiger partial charge in [0.2, 0.25) is 11.9 Å². The number of rotatable bonds is 6. The number of nitrogen functional groups attached to an aromatic ring is 1. The standard InChI is InChI=1S/C25H29N5O2/c1-4-12-25(3,23(32)27-5-2)18-10-11-20-19(13-18)21(29-24(26)28-20)22(31)30-14-16-8-6-7-9-17(16)15-30/h6-11,13H,4-5,12,14-15H2,1-3H3,(H,27,32)(H2,26,28,29). The minimum absolute atomic E-state index is 0.0274. The minimum atomic E-state index is -0.718. The molecule has 0 bridgehead atoms. The first-order chi connectivity index (χ1) is 15.4. The van der Waals surface area contributed by atoms with E-state index < -0.39 is 5.41 Å². The summed E-state index contributed by atoms with van der Waals surface area (Å²) in [5, 5.41) is 3.57. The molecule has 1 aromatic heterocycles. The molecular weight excluding hydrogens is 402 g/mol. The Morgan fingerprint density at radius 2 is 1.78 bits per heavy atom. The average Bonchev–Trinajstić information content (AvgIpc) is 3.22. The zero-order valence-electron chi connectivity index (χ0n) is 18.8. The normalized spacial score (nSPS) is 14.8. The highest BCUT2D eigenvalue weighted by Crippen LogP contribution is 2.33. The van der Waals surface area contributed by atoms with Crippen molar-refractivity contribution in [3.63, 3.8) is 0 Å². The summed E-state index contributed by atoms with van der Waals surface area (Å²) in [6.07, 6.45) is 1.53. The highest BCUT2D eigenvalue weighted by atomic mass is 16.2. The van der Waals surface area contributed by atoms with Crippen LogP contribution in [0.25, 0.3) is 10.9 Å². The second-order valence-electron chi connectivity index (χ2n) is 8.53. The van der Waals surface area contributed by atoms with E-state index in [0.717, 1.165) is 23.1 Å². The molecule has 2 heterocycles. The van der Waals surface area contributed by atoms with Crippen LogP contribution in [-0.4, -0.2) is 33.2 Å². The molecule has 3 N–H and O–H groups in total. The molecular formula is C25H29N5O2. The average molecular weight is 432 g/mol. The summed E-state index contributed by atoms with van der Waals surface area (Å²) >= 11 is 0. The lowest BCUT2D eigenvalue weighted by molar-refractivity contribution is -0.126. The van der Waals surface area contributed by atoms with Gasteiger partial charge >= 0.3 is 0 Å². The van der Waals surface area contributed by atoms with Crippen LogP contribution in [0.1, 0.15) is 60.8 Å². The van der Waals surface area contributed by atoms with Gasteiger partial charge in [-0.15, -0.1) is 0 Å². The number of fused-ring (bicyclic) bond motifs is 2. The van der Waals surface area contributed by atoms with Crippen molar-refractivity contribution >= 4 is 28.7 Å². The first kappa shape index (κ1) is 21.7. The third kappa shape index (κ3) is 3.79. The predicted octanol–water partition coefficient (Wildman–Crippen LogP) is 3.56. The molecule has 3 aromatic rings. The van der Waals surface area contributed by atoms with Crippen molar-refractivity contribution in [2.24, 2.45) is 0 Å². The smallest absolute Gasteiger partial charge is 0.273 e. The number of hydrogen-bond donors (Lipinski definition) is 2. The van der Waals surface area contributed by atoms with Gasteiger partial charge in [0.05, 0.1) is 10.9 Å². The fourth-order valence-electron chi connectivity index (χ4n) is 4.52. The number of nitrogens with zero attached hydrogens (tertiary/aromatic N) is 3. The predicted molar refractivity (Wildman–Crippen MR) is 125 cm³/mol. The molecule has 1 aliphatic heterocycles. The second-order valence-corrected chi connectivity index (χ2v) is 8.53. The maximum Gasteiger partial charge on any atom is 0.273 e. The molecule has 0 aliphatic carbocycles. The highest BCUT2D eigenvalue weighted by molar-refractivity contribution is 6.05. The number of carbonyl (C=O) groups excluding carboxylic acids is 2. The van der Waals surface area contributed by atoms with Crippen LogP contribution in [0.2, 0.25) is 0 Å². The van der Waals surface area contributed by atoms with Gasteiger partial charge in [-0.1, -0.05) is 43.7 Å². The lowest BCUT2D eigenvalue weighted by Crippen LogP contribution is -2.42. The third-order valence-corrected chi connectivity index (χ3v) is 6.27. The topological polar surface area (TPSA) is 101 Å². The summed E-state index contributed by atoms with van der Waals surface area (Å²) in [5.41, 5.74) is 9.21. The first-order valence-corrected chi connectivity index (χ1v) is 11.1. The Bertz CT molecular complexity index is 1170. The molecule has 166 valence electrons. The number of anilines is 1. The molecule has 2 amide bonds. The molecule has 1 aliphatic rings. The number of carbonyl (C=O) groups is 2. The van der Waals surface area contributed by atoms with Gasteiger partial charge in [0, 0.05) is 25.0 Å². The van der Waals surface area contributed by atoms with Crippen molar-refractivity contribution in [2.45, 2.75) is 52.1 Å². The van der Waals surface area contributed by atoms with Crippen molar-refractivity contribution in [3.8, 4) is 0 Å². The van der Waals surface area contributed by atoms with Crippen LogP contribution in [0.15, 0.2) is 42.5 Å². The molecule has 7 heteroatoms. The Hall–Kier alpha value is -3.48. The van der Waals surface area contributed by atoms with Crippen LogP contribution < -0.4 is 11.1 Å². The van der Waals surface area contributed by atoms with E-state index in [0.29, 0.717) is 37.0 Å². The molecule has 7 nitrogen and oxygen atoms in total. The van der Waals surface area contributed by atoms with Crippen LogP contribution in [-0.2, 0) is 23.3 Å². The quantitative estimate of drug-likeness (QED) is 0.621. The fraction of sp³-hybridized carbons (Fsp3) is 0.360. The number of hydrogen-bond acceptors (Lipinski definition) is 5. The monoisotopic (exact) mass is 431 g/mol. The van der Waals surface area contributed by atoms with Gasteiger partial charge in [0.15, 0.2) is 0 Å². The van der Waals surface area contributed by atoms with Gasteiger partial charge < -0.3 is 16.0 Å². The lowest BCUT2D eigenvalue weighted by Gasteiger charge is -2.29. The van der Waals surface area contributed by atoms with E-state index in [2.05, 4.69) is 22.2 Å². The van der Waals surface area contributed by atoms with E-state index in [4.69, 9.17) is 5.73 Å². The van der Waals surface area contributed by atoms with Gasteiger partial charge in [-0.2, -0.15) is 0 Å². The van der Waals surface area contributed by atoms with E-state index in [1.807, 2.05) is 56.3 Å². The van der Waals surface area contributed by atoms with Crippen LogP contribution in [0.4, 0.5) is 5.95 Å². The highest BCUT2D eigenvalue weighted by Gasteiger charge is 2.35. The Kier molecular flexibility index (Phi) is 5.82. The molecule has 0 spiro atoms. The summed E-state index contributed by atoms with van der Waals surface area (Å²) in [4.78, 5) is 36.9. The number of amides is 2. The second kappa shape index (κ2) is 8.57. The molecule has 0 saturated heterocycles. The minimum Gasteiger partial charge on any atom is -0.368 e. The summed E-state index contributed by atoms with van der Waals surface area (Å²) in [6, 6.07) is 13.6. The van der Waals surface area contributed by atoms with E-state index >= 15 is 0 Å². The summed E-state index contributed by atoms with van der Waals surface area (Å²) in [5.74, 6) is -0.154. The summed E-state index contributed by atoms with van der Waals surface area (Å²) < 4.78 is 0. The molecule has 0 radical (unpaired) electrons. The maximum absolute atomic E-state index is 13.5. The van der Waals surface area contributed by atoms with Crippen LogP contribution in [0.3, 0.4) is 0 Å².